The summed E-state index contributed by atoms with van der Waals surface area (Å²) in [4.78, 5) is 39.3. The first-order valence-electron chi connectivity index (χ1n) is 10.8. The van der Waals surface area contributed by atoms with Crippen molar-refractivity contribution < 1.29 is 19.1 Å². The van der Waals surface area contributed by atoms with E-state index in [1.165, 1.54) is 0 Å². The molecule has 7 nitrogen and oxygen atoms in total. The number of nitrogens with zero attached hydrogens (tertiary/aromatic N) is 1. The van der Waals surface area contributed by atoms with Crippen LogP contribution in [0.4, 0.5) is 5.69 Å². The Morgan fingerprint density at radius 2 is 1.72 bits per heavy atom. The summed E-state index contributed by atoms with van der Waals surface area (Å²) in [6, 6.07) is 16.3. The van der Waals surface area contributed by atoms with Crippen LogP contribution < -0.4 is 15.4 Å². The molecule has 2 aromatic rings. The molecule has 1 aliphatic heterocycles. The van der Waals surface area contributed by atoms with Crippen LogP contribution in [0.5, 0.6) is 5.75 Å². The van der Waals surface area contributed by atoms with Crippen LogP contribution in [0.2, 0.25) is 0 Å². The summed E-state index contributed by atoms with van der Waals surface area (Å²) in [5.41, 5.74) is 0.893. The van der Waals surface area contributed by atoms with E-state index in [0.717, 1.165) is 5.75 Å². The van der Waals surface area contributed by atoms with Crippen molar-refractivity contribution in [1.29, 1.82) is 0 Å². The van der Waals surface area contributed by atoms with Gasteiger partial charge in [0, 0.05) is 25.6 Å². The van der Waals surface area contributed by atoms with Crippen molar-refractivity contribution in [3.8, 4) is 5.75 Å². The zero-order valence-corrected chi connectivity index (χ0v) is 18.1. The Kier molecular flexibility index (Phi) is 8.43. The standard InChI is InChI=1S/C25H29N3O4/c1-2-15-26-25(31)21-10-6-7-11-22(21)27-24(30)19-12-16-28(17-13-19)23(29)14-18-32-20-8-4-3-5-9-20/h2-11,19H,1,12-18H2,(H,26,31)(H,27,30). The quantitative estimate of drug-likeness (QED) is 0.592. The fourth-order valence-electron chi connectivity index (χ4n) is 3.61. The van der Waals surface area contributed by atoms with Crippen LogP contribution in [0.15, 0.2) is 67.3 Å². The Labute approximate surface area is 188 Å². The monoisotopic (exact) mass is 435 g/mol. The van der Waals surface area contributed by atoms with Gasteiger partial charge >= 0.3 is 0 Å². The van der Waals surface area contributed by atoms with Gasteiger partial charge in [-0.2, -0.15) is 0 Å². The van der Waals surface area contributed by atoms with Gasteiger partial charge in [-0.25, -0.2) is 0 Å². The Morgan fingerprint density at radius 1 is 1.03 bits per heavy atom. The molecular weight excluding hydrogens is 406 g/mol. The fraction of sp³-hybridized carbons (Fsp3) is 0.320. The Bertz CT molecular complexity index is 937. The molecule has 0 atom stereocenters. The Hall–Kier alpha value is -3.61. The van der Waals surface area contributed by atoms with Gasteiger partial charge in [0.05, 0.1) is 24.3 Å². The molecule has 2 aromatic carbocycles. The largest absolute Gasteiger partial charge is 0.493 e. The normalized spacial score (nSPS) is 13.8. The first-order valence-corrected chi connectivity index (χ1v) is 10.8. The number of hydrogen-bond acceptors (Lipinski definition) is 4. The van der Waals surface area contributed by atoms with Crippen LogP contribution in [0.25, 0.3) is 0 Å². The minimum Gasteiger partial charge on any atom is -0.493 e. The second kappa shape index (κ2) is 11.7. The molecule has 168 valence electrons. The number of nitrogens with one attached hydrogen (secondary N) is 2. The maximum absolute atomic E-state index is 12.8. The van der Waals surface area contributed by atoms with Crippen molar-refractivity contribution in [1.82, 2.24) is 10.2 Å². The van der Waals surface area contributed by atoms with Gasteiger partial charge in [0.1, 0.15) is 5.75 Å². The molecule has 0 saturated carbocycles. The van der Waals surface area contributed by atoms with Crippen LogP contribution in [0.1, 0.15) is 29.6 Å². The lowest BCUT2D eigenvalue weighted by atomic mass is 9.95. The van der Waals surface area contributed by atoms with E-state index in [0.29, 0.717) is 56.8 Å². The highest BCUT2D eigenvalue weighted by Gasteiger charge is 2.28. The van der Waals surface area contributed by atoms with Crippen molar-refractivity contribution in [3.63, 3.8) is 0 Å². The van der Waals surface area contributed by atoms with Gasteiger partial charge in [0.2, 0.25) is 11.8 Å². The minimum atomic E-state index is -0.265. The average molecular weight is 436 g/mol. The molecule has 0 unspecified atom stereocenters. The highest BCUT2D eigenvalue weighted by molar-refractivity contribution is 6.04. The number of likely N-dealkylation sites (tertiary alicyclic amines) is 1. The van der Waals surface area contributed by atoms with Crippen LogP contribution in [0.3, 0.4) is 0 Å². The lowest BCUT2D eigenvalue weighted by Gasteiger charge is -2.31. The number of hydrogen-bond donors (Lipinski definition) is 2. The molecule has 0 spiro atoms. The third kappa shape index (κ3) is 6.44. The molecule has 0 bridgehead atoms. The van der Waals surface area contributed by atoms with Crippen molar-refractivity contribution in [2.24, 2.45) is 5.92 Å². The Morgan fingerprint density at radius 3 is 2.44 bits per heavy atom. The van der Waals surface area contributed by atoms with E-state index in [9.17, 15) is 14.4 Å². The molecule has 7 heteroatoms. The van der Waals surface area contributed by atoms with E-state index in [-0.39, 0.29) is 23.6 Å². The number of para-hydroxylation sites is 2. The van der Waals surface area contributed by atoms with E-state index < -0.39 is 0 Å². The van der Waals surface area contributed by atoms with E-state index in [2.05, 4.69) is 17.2 Å². The van der Waals surface area contributed by atoms with Crippen molar-refractivity contribution in [2.45, 2.75) is 19.3 Å². The van der Waals surface area contributed by atoms with Crippen LogP contribution in [0, 0.1) is 5.92 Å². The van der Waals surface area contributed by atoms with E-state index in [1.807, 2.05) is 30.3 Å². The number of rotatable bonds is 9. The summed E-state index contributed by atoms with van der Waals surface area (Å²) in [6.07, 6.45) is 3.07. The molecule has 3 amide bonds. The molecule has 32 heavy (non-hydrogen) atoms. The molecule has 1 heterocycles. The van der Waals surface area contributed by atoms with Gasteiger partial charge in [-0.3, -0.25) is 14.4 Å². The van der Waals surface area contributed by atoms with Gasteiger partial charge in [-0.15, -0.1) is 6.58 Å². The molecule has 0 aromatic heterocycles. The maximum atomic E-state index is 12.8. The lowest BCUT2D eigenvalue weighted by Crippen LogP contribution is -2.42. The minimum absolute atomic E-state index is 0.0315. The summed E-state index contributed by atoms with van der Waals surface area (Å²) >= 11 is 0. The SMILES string of the molecule is C=CCNC(=O)c1ccccc1NC(=O)C1CCN(C(=O)CCOc2ccccc2)CC1. The summed E-state index contributed by atoms with van der Waals surface area (Å²) < 4.78 is 5.60. The summed E-state index contributed by atoms with van der Waals surface area (Å²) in [5.74, 6) is 0.175. The van der Waals surface area contributed by atoms with Crippen LogP contribution >= 0.6 is 0 Å². The maximum Gasteiger partial charge on any atom is 0.253 e. The number of piperidine rings is 1. The third-order valence-electron chi connectivity index (χ3n) is 5.38. The van der Waals surface area contributed by atoms with Crippen molar-refractivity contribution in [3.05, 3.63) is 72.8 Å². The number of amides is 3. The second-order valence-electron chi connectivity index (χ2n) is 7.60. The highest BCUT2D eigenvalue weighted by atomic mass is 16.5. The van der Waals surface area contributed by atoms with Gasteiger partial charge in [-0.1, -0.05) is 36.4 Å². The molecule has 1 aliphatic rings. The van der Waals surface area contributed by atoms with Crippen LogP contribution in [-0.4, -0.2) is 48.9 Å². The number of carbonyl (C=O) groups excluding carboxylic acids is 3. The number of ether oxygens (including phenoxy) is 1. The first-order chi connectivity index (χ1) is 15.6. The molecule has 3 rings (SSSR count). The summed E-state index contributed by atoms with van der Waals surface area (Å²) in [5, 5.41) is 5.61. The van der Waals surface area contributed by atoms with E-state index in [1.54, 1.807) is 35.2 Å². The molecule has 2 N–H and O–H groups in total. The zero-order chi connectivity index (χ0) is 22.8. The first kappa shape index (κ1) is 23.1. The third-order valence-corrected chi connectivity index (χ3v) is 5.38. The summed E-state index contributed by atoms with van der Waals surface area (Å²) in [7, 11) is 0. The molecular formula is C25H29N3O4. The smallest absolute Gasteiger partial charge is 0.253 e. The van der Waals surface area contributed by atoms with Gasteiger partial charge in [-0.05, 0) is 37.1 Å². The topological polar surface area (TPSA) is 87.7 Å². The average Bonchev–Trinajstić information content (AvgIpc) is 2.83. The fourth-order valence-corrected chi connectivity index (χ4v) is 3.61. The number of anilines is 1. The lowest BCUT2D eigenvalue weighted by molar-refractivity contribution is -0.135. The van der Waals surface area contributed by atoms with Crippen molar-refractivity contribution >= 4 is 23.4 Å². The van der Waals surface area contributed by atoms with Crippen LogP contribution in [-0.2, 0) is 9.59 Å². The predicted molar refractivity (Wildman–Crippen MR) is 123 cm³/mol. The molecule has 1 fully saturated rings. The molecule has 0 radical (unpaired) electrons. The van der Waals surface area contributed by atoms with E-state index >= 15 is 0 Å². The van der Waals surface area contributed by atoms with Gasteiger partial charge in [0.25, 0.3) is 5.91 Å². The zero-order valence-electron chi connectivity index (χ0n) is 18.1. The predicted octanol–water partition coefficient (Wildman–Crippen LogP) is 3.25. The van der Waals surface area contributed by atoms with E-state index in [4.69, 9.17) is 4.74 Å². The second-order valence-corrected chi connectivity index (χ2v) is 7.60. The molecule has 0 aliphatic carbocycles. The van der Waals surface area contributed by atoms with Gasteiger partial charge < -0.3 is 20.3 Å². The van der Waals surface area contributed by atoms with Gasteiger partial charge in [0.15, 0.2) is 0 Å². The molecule has 1 saturated heterocycles. The highest BCUT2D eigenvalue weighted by Crippen LogP contribution is 2.22. The number of benzene rings is 2. The summed E-state index contributed by atoms with van der Waals surface area (Å²) in [6.45, 7) is 5.33. The van der Waals surface area contributed by atoms with Crippen molar-refractivity contribution in [2.75, 3.05) is 31.6 Å². The Balaban J connectivity index is 1.46. The number of carbonyl (C=O) groups is 3.